The van der Waals surface area contributed by atoms with Crippen molar-refractivity contribution in [1.29, 1.82) is 0 Å². The predicted molar refractivity (Wildman–Crippen MR) is 62.1 cm³/mol. The van der Waals surface area contributed by atoms with Gasteiger partial charge in [0.2, 0.25) is 11.8 Å². The molecule has 1 aliphatic carbocycles. The molecule has 2 rings (SSSR count). The Morgan fingerprint density at radius 1 is 1.41 bits per heavy atom. The summed E-state index contributed by atoms with van der Waals surface area (Å²) in [5.74, 6) is 0.394. The highest BCUT2D eigenvalue weighted by atomic mass is 16.3. The second-order valence-corrected chi connectivity index (χ2v) is 5.12. The molecule has 1 saturated carbocycles. The van der Waals surface area contributed by atoms with Crippen molar-refractivity contribution in [2.75, 3.05) is 13.1 Å². The number of amides is 2. The molecule has 2 aliphatic rings. The van der Waals surface area contributed by atoms with Gasteiger partial charge >= 0.3 is 0 Å². The van der Waals surface area contributed by atoms with Gasteiger partial charge in [-0.3, -0.25) is 9.59 Å². The summed E-state index contributed by atoms with van der Waals surface area (Å²) in [6.45, 7) is 1.11. The molecule has 1 saturated heterocycles. The maximum absolute atomic E-state index is 11.8. The zero-order valence-corrected chi connectivity index (χ0v) is 9.95. The van der Waals surface area contributed by atoms with Crippen LogP contribution in [0.5, 0.6) is 0 Å². The average Bonchev–Trinajstić information content (AvgIpc) is 2.73. The van der Waals surface area contributed by atoms with Gasteiger partial charge in [-0.05, 0) is 31.6 Å². The molecule has 96 valence electrons. The summed E-state index contributed by atoms with van der Waals surface area (Å²) in [6.07, 6.45) is 3.53. The van der Waals surface area contributed by atoms with Crippen LogP contribution in [0.25, 0.3) is 0 Å². The number of rotatable bonds is 3. The molecular weight excluding hydrogens is 220 g/mol. The zero-order valence-electron chi connectivity index (χ0n) is 9.95. The maximum Gasteiger partial charge on any atom is 0.224 e. The van der Waals surface area contributed by atoms with E-state index in [9.17, 15) is 14.7 Å². The van der Waals surface area contributed by atoms with Gasteiger partial charge in [0.25, 0.3) is 0 Å². The highest BCUT2D eigenvalue weighted by molar-refractivity contribution is 5.83. The monoisotopic (exact) mass is 240 g/mol. The smallest absolute Gasteiger partial charge is 0.224 e. The first-order valence-corrected chi connectivity index (χ1v) is 6.37. The van der Waals surface area contributed by atoms with Gasteiger partial charge in [-0.25, -0.2) is 0 Å². The summed E-state index contributed by atoms with van der Waals surface area (Å²) in [5.41, 5.74) is 0. The van der Waals surface area contributed by atoms with Gasteiger partial charge in [-0.1, -0.05) is 0 Å². The van der Waals surface area contributed by atoms with Crippen LogP contribution in [0, 0.1) is 11.8 Å². The number of hydrogen-bond acceptors (Lipinski definition) is 3. The summed E-state index contributed by atoms with van der Waals surface area (Å²) in [5, 5.41) is 15.0. The minimum atomic E-state index is -0.189. The summed E-state index contributed by atoms with van der Waals surface area (Å²) in [7, 11) is 0. The number of aliphatic hydroxyl groups is 1. The van der Waals surface area contributed by atoms with Crippen molar-refractivity contribution in [1.82, 2.24) is 10.6 Å². The van der Waals surface area contributed by atoms with E-state index < -0.39 is 0 Å². The first-order chi connectivity index (χ1) is 8.15. The van der Waals surface area contributed by atoms with Gasteiger partial charge < -0.3 is 15.7 Å². The minimum absolute atomic E-state index is 0.0337. The fraction of sp³-hybridized carbons (Fsp3) is 0.833. The van der Waals surface area contributed by atoms with Crippen LogP contribution in [0.15, 0.2) is 0 Å². The van der Waals surface area contributed by atoms with Crippen molar-refractivity contribution < 1.29 is 14.7 Å². The average molecular weight is 240 g/mol. The van der Waals surface area contributed by atoms with Gasteiger partial charge in [0.1, 0.15) is 0 Å². The Morgan fingerprint density at radius 2 is 2.24 bits per heavy atom. The molecular formula is C12H20N2O3. The minimum Gasteiger partial charge on any atom is -0.393 e. The third kappa shape index (κ3) is 3.43. The van der Waals surface area contributed by atoms with Crippen molar-refractivity contribution in [2.24, 2.45) is 11.8 Å². The lowest BCUT2D eigenvalue weighted by atomic mass is 9.98. The van der Waals surface area contributed by atoms with Crippen LogP contribution in [-0.4, -0.2) is 36.1 Å². The normalized spacial score (nSPS) is 33.2. The lowest BCUT2D eigenvalue weighted by Crippen LogP contribution is -2.43. The lowest BCUT2D eigenvalue weighted by Gasteiger charge is -2.22. The van der Waals surface area contributed by atoms with E-state index in [1.807, 2.05) is 0 Å². The molecule has 0 aromatic carbocycles. The van der Waals surface area contributed by atoms with Gasteiger partial charge in [-0.15, -0.1) is 0 Å². The maximum atomic E-state index is 11.8. The number of carbonyl (C=O) groups is 2. The van der Waals surface area contributed by atoms with Gasteiger partial charge in [0, 0.05) is 19.5 Å². The Balaban J connectivity index is 1.68. The molecule has 3 unspecified atom stereocenters. The molecule has 1 aliphatic heterocycles. The van der Waals surface area contributed by atoms with E-state index in [1.54, 1.807) is 0 Å². The molecule has 0 spiro atoms. The Hall–Kier alpha value is -1.10. The molecule has 5 nitrogen and oxygen atoms in total. The first kappa shape index (κ1) is 12.4. The van der Waals surface area contributed by atoms with E-state index in [-0.39, 0.29) is 23.8 Å². The highest BCUT2D eigenvalue weighted by Crippen LogP contribution is 2.24. The van der Waals surface area contributed by atoms with E-state index in [0.29, 0.717) is 31.8 Å². The molecule has 0 bridgehead atoms. The van der Waals surface area contributed by atoms with E-state index in [4.69, 9.17) is 0 Å². The standard InChI is InChI=1S/C12H20N2O3/c15-10-3-1-8(5-10)6-14-12(17)9-2-4-11(16)13-7-9/h8-10,15H,1-7H2,(H,13,16)(H,14,17). The van der Waals surface area contributed by atoms with Crippen molar-refractivity contribution in [3.63, 3.8) is 0 Å². The van der Waals surface area contributed by atoms with Crippen LogP contribution in [0.4, 0.5) is 0 Å². The van der Waals surface area contributed by atoms with Crippen molar-refractivity contribution in [2.45, 2.75) is 38.2 Å². The first-order valence-electron chi connectivity index (χ1n) is 6.37. The summed E-state index contributed by atoms with van der Waals surface area (Å²) >= 11 is 0. The second-order valence-electron chi connectivity index (χ2n) is 5.12. The third-order valence-corrected chi connectivity index (χ3v) is 3.71. The predicted octanol–water partition coefficient (Wildman–Crippen LogP) is -0.210. The molecule has 5 heteroatoms. The molecule has 2 amide bonds. The SMILES string of the molecule is O=C1CCC(C(=O)NCC2CCC(O)C2)CN1. The van der Waals surface area contributed by atoms with Gasteiger partial charge in [0.15, 0.2) is 0 Å². The van der Waals surface area contributed by atoms with Crippen LogP contribution >= 0.6 is 0 Å². The lowest BCUT2D eigenvalue weighted by molar-refractivity contribution is -0.129. The fourth-order valence-corrected chi connectivity index (χ4v) is 2.58. The molecule has 3 N–H and O–H groups in total. The molecule has 0 aromatic rings. The molecule has 3 atom stereocenters. The Labute approximate surface area is 101 Å². The number of carbonyl (C=O) groups excluding carboxylic acids is 2. The van der Waals surface area contributed by atoms with Crippen LogP contribution < -0.4 is 10.6 Å². The fourth-order valence-electron chi connectivity index (χ4n) is 2.58. The Bertz CT molecular complexity index is 296. The highest BCUT2D eigenvalue weighted by Gasteiger charge is 2.26. The largest absolute Gasteiger partial charge is 0.393 e. The number of nitrogens with one attached hydrogen (secondary N) is 2. The van der Waals surface area contributed by atoms with Crippen molar-refractivity contribution in [3.05, 3.63) is 0 Å². The molecule has 2 fully saturated rings. The Morgan fingerprint density at radius 3 is 2.82 bits per heavy atom. The summed E-state index contributed by atoms with van der Waals surface area (Å²) in [4.78, 5) is 22.8. The number of piperidine rings is 1. The van der Waals surface area contributed by atoms with Crippen LogP contribution in [0.2, 0.25) is 0 Å². The Kier molecular flexibility index (Phi) is 3.99. The van der Waals surface area contributed by atoms with E-state index in [0.717, 1.165) is 19.3 Å². The van der Waals surface area contributed by atoms with E-state index >= 15 is 0 Å². The van der Waals surface area contributed by atoms with Crippen molar-refractivity contribution >= 4 is 11.8 Å². The number of hydrogen-bond donors (Lipinski definition) is 3. The van der Waals surface area contributed by atoms with E-state index in [1.165, 1.54) is 0 Å². The summed E-state index contributed by atoms with van der Waals surface area (Å²) in [6, 6.07) is 0. The van der Waals surface area contributed by atoms with Gasteiger partial charge in [0.05, 0.1) is 12.0 Å². The third-order valence-electron chi connectivity index (χ3n) is 3.71. The van der Waals surface area contributed by atoms with Crippen LogP contribution in [0.1, 0.15) is 32.1 Å². The van der Waals surface area contributed by atoms with Crippen molar-refractivity contribution in [3.8, 4) is 0 Å². The van der Waals surface area contributed by atoms with Gasteiger partial charge in [-0.2, -0.15) is 0 Å². The number of aliphatic hydroxyl groups excluding tert-OH is 1. The summed E-state index contributed by atoms with van der Waals surface area (Å²) < 4.78 is 0. The quantitative estimate of drug-likeness (QED) is 0.638. The second kappa shape index (κ2) is 5.49. The molecule has 0 radical (unpaired) electrons. The van der Waals surface area contributed by atoms with Crippen LogP contribution in [-0.2, 0) is 9.59 Å². The van der Waals surface area contributed by atoms with E-state index in [2.05, 4.69) is 10.6 Å². The molecule has 0 aromatic heterocycles. The molecule has 1 heterocycles. The topological polar surface area (TPSA) is 78.4 Å². The zero-order chi connectivity index (χ0) is 12.3. The van der Waals surface area contributed by atoms with Crippen LogP contribution in [0.3, 0.4) is 0 Å². The molecule has 17 heavy (non-hydrogen) atoms.